The maximum atomic E-state index is 9.29. The monoisotopic (exact) mass is 161 g/mol. The molecule has 4 N–H and O–H groups in total. The zero-order chi connectivity index (χ0) is 8.06. The van der Waals surface area contributed by atoms with Crippen molar-refractivity contribution in [3.8, 4) is 0 Å². The van der Waals surface area contributed by atoms with Crippen molar-refractivity contribution in [2.24, 2.45) is 5.73 Å². The molecule has 5 nitrogen and oxygen atoms in total. The third-order valence-electron chi connectivity index (χ3n) is 2.25. The van der Waals surface area contributed by atoms with E-state index in [1.807, 2.05) is 0 Å². The molecule has 0 aliphatic carbocycles. The molecule has 5 heteroatoms. The Morgan fingerprint density at radius 2 is 2.09 bits per heavy atom. The zero-order valence-corrected chi connectivity index (χ0v) is 5.93. The van der Waals surface area contributed by atoms with Crippen LogP contribution in [-0.4, -0.2) is 47.5 Å². The molecule has 2 rings (SSSR count). The lowest BCUT2D eigenvalue weighted by Gasteiger charge is -2.24. The van der Waals surface area contributed by atoms with Crippen LogP contribution in [0.5, 0.6) is 0 Å². The normalized spacial score (nSPS) is 56.5. The molecule has 2 heterocycles. The Labute approximate surface area is 63.7 Å². The van der Waals surface area contributed by atoms with Gasteiger partial charge in [0.25, 0.3) is 0 Å². The summed E-state index contributed by atoms with van der Waals surface area (Å²) < 4.78 is 10.1. The van der Waals surface area contributed by atoms with Crippen molar-refractivity contribution >= 4 is 0 Å². The van der Waals surface area contributed by atoms with Gasteiger partial charge < -0.3 is 19.7 Å². The minimum Gasteiger partial charge on any atom is -0.388 e. The maximum Gasteiger partial charge on any atom is 0.174 e. The van der Waals surface area contributed by atoms with E-state index in [2.05, 4.69) is 0 Å². The number of rotatable bonds is 0. The van der Waals surface area contributed by atoms with E-state index in [4.69, 9.17) is 15.2 Å². The second kappa shape index (κ2) is 2.15. The first-order chi connectivity index (χ1) is 5.14. The molecule has 0 amide bonds. The number of aliphatic hydroxyl groups excluding tert-OH is 2. The van der Waals surface area contributed by atoms with Gasteiger partial charge in [-0.1, -0.05) is 0 Å². The van der Waals surface area contributed by atoms with Crippen LogP contribution in [0.25, 0.3) is 0 Å². The van der Waals surface area contributed by atoms with E-state index in [9.17, 15) is 10.2 Å². The van der Waals surface area contributed by atoms with Gasteiger partial charge in [0.15, 0.2) is 5.72 Å². The Balaban J connectivity index is 2.23. The molecule has 0 spiro atoms. The first kappa shape index (κ1) is 7.45. The topological polar surface area (TPSA) is 84.9 Å². The van der Waals surface area contributed by atoms with Crippen molar-refractivity contribution in [1.29, 1.82) is 0 Å². The highest BCUT2D eigenvalue weighted by atomic mass is 16.6. The van der Waals surface area contributed by atoms with E-state index in [0.717, 1.165) is 0 Å². The van der Waals surface area contributed by atoms with Gasteiger partial charge in [-0.15, -0.1) is 0 Å². The van der Waals surface area contributed by atoms with Crippen LogP contribution in [0.3, 0.4) is 0 Å². The van der Waals surface area contributed by atoms with Crippen LogP contribution in [0.2, 0.25) is 0 Å². The molecule has 2 aliphatic rings. The van der Waals surface area contributed by atoms with Crippen molar-refractivity contribution in [2.75, 3.05) is 13.2 Å². The molecule has 0 aromatic heterocycles. The van der Waals surface area contributed by atoms with Gasteiger partial charge >= 0.3 is 0 Å². The highest BCUT2D eigenvalue weighted by Crippen LogP contribution is 2.33. The van der Waals surface area contributed by atoms with Gasteiger partial charge in [0, 0.05) is 0 Å². The highest BCUT2D eigenvalue weighted by molar-refractivity contribution is 5.03. The van der Waals surface area contributed by atoms with Crippen molar-refractivity contribution < 1.29 is 19.7 Å². The fraction of sp³-hybridized carbons (Fsp3) is 1.00. The van der Waals surface area contributed by atoms with Gasteiger partial charge in [-0.05, 0) is 0 Å². The van der Waals surface area contributed by atoms with E-state index in [1.54, 1.807) is 0 Å². The number of nitrogens with two attached hydrogens (primary N) is 1. The van der Waals surface area contributed by atoms with Crippen LogP contribution < -0.4 is 5.73 Å². The van der Waals surface area contributed by atoms with Crippen LogP contribution in [0, 0.1) is 0 Å². The lowest BCUT2D eigenvalue weighted by molar-refractivity contribution is -0.0715. The minimum atomic E-state index is -1.18. The van der Waals surface area contributed by atoms with Gasteiger partial charge in [0.1, 0.15) is 18.3 Å². The van der Waals surface area contributed by atoms with Gasteiger partial charge in [-0.2, -0.15) is 0 Å². The molecule has 2 aliphatic heterocycles. The third kappa shape index (κ3) is 0.830. The fourth-order valence-electron chi connectivity index (χ4n) is 1.55. The Hall–Kier alpha value is -0.200. The molecule has 0 aromatic rings. The molecule has 11 heavy (non-hydrogen) atoms. The summed E-state index contributed by atoms with van der Waals surface area (Å²) in [5.41, 5.74) is 4.46. The van der Waals surface area contributed by atoms with Crippen LogP contribution in [0.4, 0.5) is 0 Å². The SMILES string of the molecule is N[C@]12OC[C@H](O)[C@H]1OC[C@@H]2O. The number of ether oxygens (including phenoxy) is 2. The number of hydrogen-bond donors (Lipinski definition) is 3. The Bertz CT molecular complexity index is 176. The summed E-state index contributed by atoms with van der Waals surface area (Å²) in [5.74, 6) is 0. The fourth-order valence-corrected chi connectivity index (χ4v) is 1.55. The standard InChI is InChI=1S/C6H11NO4/c7-6-4(9)2-10-5(6)3(8)1-11-6/h3-5,8-9H,1-2,7H2/t3-,4-,5+,6+/m0/s1. The number of hydrogen-bond acceptors (Lipinski definition) is 5. The Morgan fingerprint density at radius 1 is 1.36 bits per heavy atom. The Morgan fingerprint density at radius 3 is 2.73 bits per heavy atom. The van der Waals surface area contributed by atoms with Crippen molar-refractivity contribution in [2.45, 2.75) is 24.0 Å². The van der Waals surface area contributed by atoms with Crippen molar-refractivity contribution in [1.82, 2.24) is 0 Å². The average Bonchev–Trinajstić information content (AvgIpc) is 2.39. The maximum absolute atomic E-state index is 9.29. The summed E-state index contributed by atoms with van der Waals surface area (Å²) in [6.45, 7) is 0.274. The van der Waals surface area contributed by atoms with Crippen molar-refractivity contribution in [3.05, 3.63) is 0 Å². The molecular weight excluding hydrogens is 150 g/mol. The molecule has 64 valence electrons. The number of aliphatic hydroxyl groups is 2. The summed E-state index contributed by atoms with van der Waals surface area (Å²) >= 11 is 0. The molecule has 2 saturated heterocycles. The van der Waals surface area contributed by atoms with Gasteiger partial charge in [0.2, 0.25) is 0 Å². The smallest absolute Gasteiger partial charge is 0.174 e. The quantitative estimate of drug-likeness (QED) is 0.375. The third-order valence-corrected chi connectivity index (χ3v) is 2.25. The van der Waals surface area contributed by atoms with E-state index < -0.39 is 24.0 Å². The second-order valence-electron chi connectivity index (χ2n) is 3.00. The second-order valence-corrected chi connectivity index (χ2v) is 3.00. The lowest BCUT2D eigenvalue weighted by Crippen LogP contribution is -2.55. The van der Waals surface area contributed by atoms with Gasteiger partial charge in [-0.25, -0.2) is 0 Å². The molecule has 0 unspecified atom stereocenters. The molecule has 4 atom stereocenters. The predicted molar refractivity (Wildman–Crippen MR) is 34.6 cm³/mol. The zero-order valence-electron chi connectivity index (χ0n) is 5.93. The summed E-state index contributed by atoms with van der Waals surface area (Å²) in [6, 6.07) is 0. The van der Waals surface area contributed by atoms with Gasteiger partial charge in [-0.3, -0.25) is 5.73 Å². The largest absolute Gasteiger partial charge is 0.388 e. The summed E-state index contributed by atoms with van der Waals surface area (Å²) in [4.78, 5) is 0. The van der Waals surface area contributed by atoms with E-state index in [0.29, 0.717) is 0 Å². The van der Waals surface area contributed by atoms with Crippen LogP contribution in [0.15, 0.2) is 0 Å². The first-order valence-electron chi connectivity index (χ1n) is 3.55. The number of fused-ring (bicyclic) bond motifs is 1. The molecular formula is C6H11NO4. The first-order valence-corrected chi connectivity index (χ1v) is 3.55. The average molecular weight is 161 g/mol. The summed E-state index contributed by atoms with van der Waals surface area (Å²) in [7, 11) is 0. The van der Waals surface area contributed by atoms with Crippen LogP contribution in [0.1, 0.15) is 0 Å². The molecule has 0 aromatic carbocycles. The van der Waals surface area contributed by atoms with Crippen molar-refractivity contribution in [3.63, 3.8) is 0 Å². The highest BCUT2D eigenvalue weighted by Gasteiger charge is 2.57. The minimum absolute atomic E-state index is 0.137. The lowest BCUT2D eigenvalue weighted by atomic mass is 10.0. The van der Waals surface area contributed by atoms with E-state index >= 15 is 0 Å². The van der Waals surface area contributed by atoms with Gasteiger partial charge in [0.05, 0.1) is 13.2 Å². The van der Waals surface area contributed by atoms with Crippen LogP contribution >= 0.6 is 0 Å². The van der Waals surface area contributed by atoms with E-state index in [-0.39, 0.29) is 13.2 Å². The molecule has 0 radical (unpaired) electrons. The summed E-state index contributed by atoms with van der Waals surface area (Å²) in [6.07, 6.45) is -2.11. The van der Waals surface area contributed by atoms with E-state index in [1.165, 1.54) is 0 Å². The molecule has 0 bridgehead atoms. The molecule has 2 fully saturated rings. The Kier molecular flexibility index (Phi) is 1.45. The predicted octanol–water partition coefficient (Wildman–Crippen LogP) is -2.21. The molecule has 0 saturated carbocycles. The summed E-state index contributed by atoms with van der Waals surface area (Å²) in [5, 5.41) is 18.5. The van der Waals surface area contributed by atoms with Crippen LogP contribution in [-0.2, 0) is 9.47 Å².